The summed E-state index contributed by atoms with van der Waals surface area (Å²) >= 11 is 1.58. The van der Waals surface area contributed by atoms with Crippen molar-refractivity contribution in [3.8, 4) is 11.3 Å². The van der Waals surface area contributed by atoms with Crippen LogP contribution in [0.4, 0.5) is 11.5 Å². The van der Waals surface area contributed by atoms with Crippen LogP contribution in [0, 0.1) is 6.92 Å². The van der Waals surface area contributed by atoms with E-state index in [0.717, 1.165) is 53.8 Å². The third-order valence-corrected chi connectivity index (χ3v) is 6.43. The van der Waals surface area contributed by atoms with Gasteiger partial charge in [-0.05, 0) is 60.2 Å². The van der Waals surface area contributed by atoms with Gasteiger partial charge in [0.25, 0.3) is 0 Å². The molecule has 1 fully saturated rings. The van der Waals surface area contributed by atoms with Crippen LogP contribution in [0.25, 0.3) is 22.0 Å². The second-order valence-electron chi connectivity index (χ2n) is 7.70. The molecule has 5 rings (SSSR count). The van der Waals surface area contributed by atoms with E-state index in [2.05, 4.69) is 87.5 Å². The molecule has 0 bridgehead atoms. The van der Waals surface area contributed by atoms with E-state index >= 15 is 0 Å². The maximum atomic E-state index is 4.70. The van der Waals surface area contributed by atoms with Crippen molar-refractivity contribution in [3.05, 3.63) is 78.6 Å². The number of benzene rings is 2. The molecule has 0 unspecified atom stereocenters. The van der Waals surface area contributed by atoms with Crippen molar-refractivity contribution in [2.24, 2.45) is 0 Å². The molecule has 4 aromatic rings. The molecular weight excluding hydrogens is 402 g/mol. The van der Waals surface area contributed by atoms with E-state index in [1.165, 1.54) is 16.3 Å². The quantitative estimate of drug-likeness (QED) is 0.431. The summed E-state index contributed by atoms with van der Waals surface area (Å²) in [5.41, 5.74) is 4.42. The average Bonchev–Trinajstić information content (AvgIpc) is 2.84. The predicted octanol–water partition coefficient (Wildman–Crippen LogP) is 5.13. The normalized spacial score (nSPS) is 14.0. The van der Waals surface area contributed by atoms with Gasteiger partial charge in [0.2, 0.25) is 0 Å². The highest BCUT2D eigenvalue weighted by Gasteiger charge is 2.12. The minimum absolute atomic E-state index is 1.01. The zero-order valence-electron chi connectivity index (χ0n) is 17.5. The summed E-state index contributed by atoms with van der Waals surface area (Å²) in [4.78, 5) is 12.8. The summed E-state index contributed by atoms with van der Waals surface area (Å²) in [6.07, 6.45) is 3.83. The second kappa shape index (κ2) is 8.96. The molecule has 0 amide bonds. The van der Waals surface area contributed by atoms with Crippen LogP contribution in [-0.4, -0.2) is 36.1 Å². The summed E-state index contributed by atoms with van der Waals surface area (Å²) in [5, 5.41) is 5.75. The third kappa shape index (κ3) is 4.36. The lowest BCUT2D eigenvalue weighted by Gasteiger charge is -2.28. The molecule has 2 aromatic heterocycles. The second-order valence-corrected chi connectivity index (χ2v) is 8.58. The number of nitrogens with one attached hydrogen (secondary N) is 2. The molecule has 6 heteroatoms. The fourth-order valence-corrected chi connectivity index (χ4v) is 4.51. The number of aryl methyl sites for hydroxylation is 1. The monoisotopic (exact) mass is 427 g/mol. The summed E-state index contributed by atoms with van der Waals surface area (Å²) in [7, 11) is 0. The van der Waals surface area contributed by atoms with Crippen molar-refractivity contribution in [3.63, 3.8) is 0 Å². The number of hydrogen-bond acceptors (Lipinski definition) is 6. The molecule has 0 aliphatic carbocycles. The molecule has 2 aromatic carbocycles. The molecule has 31 heavy (non-hydrogen) atoms. The Bertz CT molecular complexity index is 1180. The van der Waals surface area contributed by atoms with Gasteiger partial charge in [-0.15, -0.1) is 0 Å². The van der Waals surface area contributed by atoms with Crippen molar-refractivity contribution in [1.82, 2.24) is 15.3 Å². The Kier molecular flexibility index (Phi) is 5.74. The number of anilines is 2. The van der Waals surface area contributed by atoms with Crippen LogP contribution in [0.15, 0.2) is 78.0 Å². The van der Waals surface area contributed by atoms with Gasteiger partial charge in [-0.25, -0.2) is 4.98 Å². The van der Waals surface area contributed by atoms with Gasteiger partial charge in [0.05, 0.1) is 5.69 Å². The fraction of sp³-hybridized carbons (Fsp3) is 0.200. The van der Waals surface area contributed by atoms with Crippen molar-refractivity contribution in [2.45, 2.75) is 11.8 Å². The Labute approximate surface area is 187 Å². The Morgan fingerprint density at radius 1 is 0.968 bits per heavy atom. The molecule has 0 radical (unpaired) electrons. The standard InChI is InChI=1S/C25H25N5S/c1-18-6-7-20(16-23(18)25-22-5-3-2-4-19(22)10-11-27-25)29-31-21-8-9-24(28-17-21)30-14-12-26-13-15-30/h2-11,16-17,26,29H,12-15H2,1H3. The molecule has 0 saturated carbocycles. The number of fused-ring (bicyclic) bond motifs is 1. The van der Waals surface area contributed by atoms with Crippen molar-refractivity contribution >= 4 is 34.2 Å². The van der Waals surface area contributed by atoms with Crippen LogP contribution in [0.5, 0.6) is 0 Å². The van der Waals surface area contributed by atoms with E-state index in [9.17, 15) is 0 Å². The van der Waals surface area contributed by atoms with Crippen LogP contribution < -0.4 is 14.9 Å². The fourth-order valence-electron chi connectivity index (χ4n) is 3.91. The molecule has 0 spiro atoms. The molecular formula is C25H25N5S. The van der Waals surface area contributed by atoms with E-state index in [-0.39, 0.29) is 0 Å². The van der Waals surface area contributed by atoms with Crippen LogP contribution in [0.2, 0.25) is 0 Å². The Hall–Kier alpha value is -3.09. The Morgan fingerprint density at radius 2 is 1.84 bits per heavy atom. The van der Waals surface area contributed by atoms with E-state index in [1.807, 2.05) is 12.4 Å². The smallest absolute Gasteiger partial charge is 0.128 e. The molecule has 1 aliphatic heterocycles. The summed E-state index contributed by atoms with van der Waals surface area (Å²) < 4.78 is 3.47. The maximum Gasteiger partial charge on any atom is 0.128 e. The van der Waals surface area contributed by atoms with Crippen molar-refractivity contribution in [2.75, 3.05) is 35.8 Å². The maximum absolute atomic E-state index is 4.70. The van der Waals surface area contributed by atoms with Gasteiger partial charge in [0, 0.05) is 60.1 Å². The number of piperazine rings is 1. The summed E-state index contributed by atoms with van der Waals surface area (Å²) in [6, 6.07) is 21.1. The van der Waals surface area contributed by atoms with Gasteiger partial charge in [0.1, 0.15) is 5.82 Å². The Morgan fingerprint density at radius 3 is 2.68 bits per heavy atom. The summed E-state index contributed by atoms with van der Waals surface area (Å²) in [5.74, 6) is 1.05. The molecule has 1 aliphatic rings. The highest BCUT2D eigenvalue weighted by molar-refractivity contribution is 8.00. The minimum Gasteiger partial charge on any atom is -0.354 e. The van der Waals surface area contributed by atoms with Crippen LogP contribution in [-0.2, 0) is 0 Å². The highest BCUT2D eigenvalue weighted by Crippen LogP contribution is 2.32. The van der Waals surface area contributed by atoms with Gasteiger partial charge < -0.3 is 14.9 Å². The van der Waals surface area contributed by atoms with Crippen LogP contribution in [0.1, 0.15) is 5.56 Å². The number of hydrogen-bond donors (Lipinski definition) is 2. The number of aromatic nitrogens is 2. The van der Waals surface area contributed by atoms with Gasteiger partial charge in [-0.1, -0.05) is 30.3 Å². The largest absolute Gasteiger partial charge is 0.354 e. The van der Waals surface area contributed by atoms with E-state index in [4.69, 9.17) is 4.98 Å². The first-order valence-electron chi connectivity index (χ1n) is 10.6. The lowest BCUT2D eigenvalue weighted by Crippen LogP contribution is -2.43. The first-order valence-corrected chi connectivity index (χ1v) is 11.4. The number of rotatable bonds is 5. The number of pyridine rings is 2. The zero-order valence-corrected chi connectivity index (χ0v) is 18.3. The minimum atomic E-state index is 1.01. The average molecular weight is 428 g/mol. The lowest BCUT2D eigenvalue weighted by atomic mass is 10.00. The van der Waals surface area contributed by atoms with Gasteiger partial charge >= 0.3 is 0 Å². The summed E-state index contributed by atoms with van der Waals surface area (Å²) in [6.45, 7) is 6.18. The van der Waals surface area contributed by atoms with Gasteiger partial charge in [0.15, 0.2) is 0 Å². The molecule has 5 nitrogen and oxygen atoms in total. The van der Waals surface area contributed by atoms with Crippen molar-refractivity contribution < 1.29 is 0 Å². The molecule has 156 valence electrons. The van der Waals surface area contributed by atoms with Gasteiger partial charge in [-0.3, -0.25) is 4.98 Å². The Balaban J connectivity index is 1.34. The first-order chi connectivity index (χ1) is 15.3. The molecule has 1 saturated heterocycles. The third-order valence-electron chi connectivity index (χ3n) is 5.61. The van der Waals surface area contributed by atoms with E-state index in [1.54, 1.807) is 11.9 Å². The van der Waals surface area contributed by atoms with Crippen molar-refractivity contribution in [1.29, 1.82) is 0 Å². The van der Waals surface area contributed by atoms with Gasteiger partial charge in [-0.2, -0.15) is 0 Å². The van der Waals surface area contributed by atoms with E-state index < -0.39 is 0 Å². The zero-order chi connectivity index (χ0) is 21.0. The molecule has 2 N–H and O–H groups in total. The highest BCUT2D eigenvalue weighted by atomic mass is 32.2. The first kappa shape index (κ1) is 19.8. The molecule has 3 heterocycles. The molecule has 0 atom stereocenters. The van der Waals surface area contributed by atoms with E-state index in [0.29, 0.717) is 0 Å². The topological polar surface area (TPSA) is 53.1 Å². The van der Waals surface area contributed by atoms with Crippen LogP contribution >= 0.6 is 11.9 Å². The number of nitrogens with zero attached hydrogens (tertiary/aromatic N) is 3. The van der Waals surface area contributed by atoms with Crippen LogP contribution in [0.3, 0.4) is 0 Å². The SMILES string of the molecule is Cc1ccc(NSc2ccc(N3CCNCC3)nc2)cc1-c1nccc2ccccc12. The lowest BCUT2D eigenvalue weighted by molar-refractivity contribution is 0.585. The predicted molar refractivity (Wildman–Crippen MR) is 131 cm³/mol.